The Labute approximate surface area is 141 Å². The summed E-state index contributed by atoms with van der Waals surface area (Å²) in [7, 11) is 0. The lowest BCUT2D eigenvalue weighted by Crippen LogP contribution is -2.55. The number of ether oxygens (including phenoxy) is 1. The van der Waals surface area contributed by atoms with Crippen molar-refractivity contribution in [1.29, 1.82) is 0 Å². The van der Waals surface area contributed by atoms with E-state index >= 15 is 0 Å². The molecule has 1 aliphatic heterocycles. The topological polar surface area (TPSA) is 92.9 Å². The third kappa shape index (κ3) is 4.24. The molecule has 1 aromatic rings. The predicted octanol–water partition coefficient (Wildman–Crippen LogP) is 1.29. The summed E-state index contributed by atoms with van der Waals surface area (Å²) in [5, 5.41) is 0. The van der Waals surface area contributed by atoms with Gasteiger partial charge in [0.25, 0.3) is 0 Å². The number of rotatable bonds is 1. The molecule has 0 saturated carbocycles. The summed E-state index contributed by atoms with van der Waals surface area (Å²) in [5.74, 6) is -1.74. The molecule has 130 valence electrons. The monoisotopic (exact) mass is 333 g/mol. The number of benzene rings is 1. The Hall–Kier alpha value is -2.57. The molecule has 1 aliphatic rings. The molecule has 1 heterocycles. The largest absolute Gasteiger partial charge is 0.444 e. The molecule has 0 aliphatic carbocycles. The van der Waals surface area contributed by atoms with Gasteiger partial charge in [0.2, 0.25) is 0 Å². The van der Waals surface area contributed by atoms with Crippen LogP contribution in [0.15, 0.2) is 30.3 Å². The molecule has 1 atom stereocenters. The third-order valence-electron chi connectivity index (χ3n) is 3.69. The van der Waals surface area contributed by atoms with E-state index < -0.39 is 29.6 Å². The Morgan fingerprint density at radius 1 is 1.12 bits per heavy atom. The lowest BCUT2D eigenvalue weighted by molar-refractivity contribution is -0.147. The minimum atomic E-state index is -0.998. The van der Waals surface area contributed by atoms with Gasteiger partial charge >= 0.3 is 17.9 Å². The number of carbonyl (C=O) groups is 3. The van der Waals surface area contributed by atoms with Crippen LogP contribution in [-0.2, 0) is 14.3 Å². The van der Waals surface area contributed by atoms with Crippen LogP contribution in [0.2, 0.25) is 0 Å². The van der Waals surface area contributed by atoms with Gasteiger partial charge in [-0.15, -0.1) is 0 Å². The quantitative estimate of drug-likeness (QED) is 0.784. The van der Waals surface area contributed by atoms with E-state index in [1.807, 2.05) is 30.3 Å². The Balaban J connectivity index is 2.23. The summed E-state index contributed by atoms with van der Waals surface area (Å²) >= 11 is 0. The second-order valence-corrected chi connectivity index (χ2v) is 6.72. The molecule has 2 N–H and O–H groups in total. The highest BCUT2D eigenvalue weighted by atomic mass is 16.6. The van der Waals surface area contributed by atoms with Crippen molar-refractivity contribution < 1.29 is 19.1 Å². The molecule has 1 aromatic carbocycles. The van der Waals surface area contributed by atoms with Gasteiger partial charge in [0.1, 0.15) is 5.60 Å². The van der Waals surface area contributed by atoms with Crippen LogP contribution in [0.3, 0.4) is 0 Å². The van der Waals surface area contributed by atoms with Crippen molar-refractivity contribution in [2.75, 3.05) is 19.6 Å². The Morgan fingerprint density at radius 2 is 1.75 bits per heavy atom. The van der Waals surface area contributed by atoms with Gasteiger partial charge in [-0.05, 0) is 26.3 Å². The van der Waals surface area contributed by atoms with Gasteiger partial charge in [0.15, 0.2) is 0 Å². The summed E-state index contributed by atoms with van der Waals surface area (Å²) < 4.78 is 5.40. The van der Waals surface area contributed by atoms with E-state index in [4.69, 9.17) is 10.5 Å². The summed E-state index contributed by atoms with van der Waals surface area (Å²) in [6.07, 6.45) is -0.436. The van der Waals surface area contributed by atoms with Crippen molar-refractivity contribution in [1.82, 2.24) is 9.80 Å². The van der Waals surface area contributed by atoms with Gasteiger partial charge in [0, 0.05) is 19.6 Å². The van der Waals surface area contributed by atoms with Crippen LogP contribution >= 0.6 is 0 Å². The maximum absolute atomic E-state index is 12.3. The fraction of sp³-hybridized carbons (Fsp3) is 0.471. The second-order valence-electron chi connectivity index (χ2n) is 6.72. The van der Waals surface area contributed by atoms with E-state index in [1.165, 1.54) is 4.90 Å². The molecule has 0 bridgehead atoms. The summed E-state index contributed by atoms with van der Waals surface area (Å²) in [6, 6.07) is 8.81. The van der Waals surface area contributed by atoms with Gasteiger partial charge < -0.3 is 20.3 Å². The van der Waals surface area contributed by atoms with Crippen LogP contribution in [0.4, 0.5) is 4.79 Å². The normalized spacial score (nSPS) is 18.2. The van der Waals surface area contributed by atoms with Gasteiger partial charge in [-0.2, -0.15) is 0 Å². The average molecular weight is 333 g/mol. The highest BCUT2D eigenvalue weighted by Gasteiger charge is 2.36. The molecule has 0 spiro atoms. The van der Waals surface area contributed by atoms with Crippen molar-refractivity contribution in [3.8, 4) is 0 Å². The minimum absolute atomic E-state index is 0.223. The SMILES string of the molecule is CC(C)(C)OC(=O)N1CCN(C(=O)C(N)=O)C(c2ccccc2)C1. The van der Waals surface area contributed by atoms with Crippen LogP contribution in [0.1, 0.15) is 32.4 Å². The van der Waals surface area contributed by atoms with Crippen molar-refractivity contribution in [3.05, 3.63) is 35.9 Å². The van der Waals surface area contributed by atoms with Crippen molar-refractivity contribution in [2.45, 2.75) is 32.4 Å². The molecule has 7 nitrogen and oxygen atoms in total. The van der Waals surface area contributed by atoms with Crippen LogP contribution in [0, 0.1) is 0 Å². The first kappa shape index (κ1) is 17.8. The van der Waals surface area contributed by atoms with E-state index in [-0.39, 0.29) is 19.6 Å². The average Bonchev–Trinajstić information content (AvgIpc) is 2.52. The molecule has 7 heteroatoms. The Kier molecular flexibility index (Phi) is 5.11. The molecule has 24 heavy (non-hydrogen) atoms. The van der Waals surface area contributed by atoms with Gasteiger partial charge in [-0.1, -0.05) is 30.3 Å². The molecule has 0 radical (unpaired) electrons. The first-order chi connectivity index (χ1) is 11.2. The molecule has 1 saturated heterocycles. The molecule has 0 aromatic heterocycles. The van der Waals surface area contributed by atoms with E-state index in [0.717, 1.165) is 5.56 Å². The number of piperazine rings is 1. The second kappa shape index (κ2) is 6.90. The maximum Gasteiger partial charge on any atom is 0.410 e. The third-order valence-corrected chi connectivity index (χ3v) is 3.69. The van der Waals surface area contributed by atoms with Crippen LogP contribution in [-0.4, -0.2) is 52.9 Å². The zero-order valence-corrected chi connectivity index (χ0v) is 14.2. The molecule has 3 amide bonds. The minimum Gasteiger partial charge on any atom is -0.444 e. The zero-order chi connectivity index (χ0) is 17.9. The number of hydrogen-bond acceptors (Lipinski definition) is 4. The number of nitrogens with two attached hydrogens (primary N) is 1. The molecule has 1 unspecified atom stereocenters. The smallest absolute Gasteiger partial charge is 0.410 e. The number of hydrogen-bond donors (Lipinski definition) is 1. The van der Waals surface area contributed by atoms with Crippen LogP contribution in [0.5, 0.6) is 0 Å². The summed E-state index contributed by atoms with van der Waals surface area (Å²) in [6.45, 7) is 6.15. The lowest BCUT2D eigenvalue weighted by atomic mass is 10.0. The molecule has 1 fully saturated rings. The summed E-state index contributed by atoms with van der Waals surface area (Å²) in [4.78, 5) is 38.7. The van der Waals surface area contributed by atoms with E-state index in [2.05, 4.69) is 0 Å². The number of amides is 3. The van der Waals surface area contributed by atoms with E-state index in [1.54, 1.807) is 25.7 Å². The fourth-order valence-electron chi connectivity index (χ4n) is 2.62. The highest BCUT2D eigenvalue weighted by Crippen LogP contribution is 2.26. The van der Waals surface area contributed by atoms with Gasteiger partial charge in [-0.3, -0.25) is 9.59 Å². The Bertz CT molecular complexity index is 624. The van der Waals surface area contributed by atoms with E-state index in [9.17, 15) is 14.4 Å². The first-order valence-electron chi connectivity index (χ1n) is 7.82. The van der Waals surface area contributed by atoms with Crippen LogP contribution < -0.4 is 5.73 Å². The Morgan fingerprint density at radius 3 is 2.29 bits per heavy atom. The van der Waals surface area contributed by atoms with Gasteiger partial charge in [0.05, 0.1) is 6.04 Å². The molecular formula is C17H23N3O4. The number of carbonyl (C=O) groups excluding carboxylic acids is 3. The fourth-order valence-corrected chi connectivity index (χ4v) is 2.62. The zero-order valence-electron chi connectivity index (χ0n) is 14.2. The number of nitrogens with zero attached hydrogens (tertiary/aromatic N) is 2. The van der Waals surface area contributed by atoms with Crippen molar-refractivity contribution >= 4 is 17.9 Å². The van der Waals surface area contributed by atoms with Crippen molar-refractivity contribution in [2.24, 2.45) is 5.73 Å². The maximum atomic E-state index is 12.3. The molecular weight excluding hydrogens is 310 g/mol. The van der Waals surface area contributed by atoms with Crippen molar-refractivity contribution in [3.63, 3.8) is 0 Å². The van der Waals surface area contributed by atoms with Gasteiger partial charge in [-0.25, -0.2) is 4.79 Å². The predicted molar refractivity (Wildman–Crippen MR) is 87.9 cm³/mol. The number of primary amides is 1. The lowest BCUT2D eigenvalue weighted by Gasteiger charge is -2.41. The standard InChI is InChI=1S/C17H23N3O4/c1-17(2,3)24-16(23)19-9-10-20(15(22)14(18)21)13(11-19)12-7-5-4-6-8-12/h4-8,13H,9-11H2,1-3H3,(H2,18,21). The first-order valence-corrected chi connectivity index (χ1v) is 7.82. The molecule has 2 rings (SSSR count). The summed E-state index contributed by atoms with van der Waals surface area (Å²) in [5.41, 5.74) is 5.39. The van der Waals surface area contributed by atoms with Crippen LogP contribution in [0.25, 0.3) is 0 Å². The van der Waals surface area contributed by atoms with E-state index in [0.29, 0.717) is 0 Å². The highest BCUT2D eigenvalue weighted by molar-refractivity contribution is 6.34.